The Morgan fingerprint density at radius 2 is 2.32 bits per heavy atom. The van der Waals surface area contributed by atoms with Crippen molar-refractivity contribution in [1.29, 1.82) is 0 Å². The fourth-order valence-corrected chi connectivity index (χ4v) is 2.85. The molecule has 7 heteroatoms. The quantitative estimate of drug-likeness (QED) is 0.824. The molecule has 0 aliphatic carbocycles. The first kappa shape index (κ1) is 19.1. The summed E-state index contributed by atoms with van der Waals surface area (Å²) in [6.45, 7) is 2.52. The van der Waals surface area contributed by atoms with Gasteiger partial charge in [0.05, 0.1) is 13.7 Å². The van der Waals surface area contributed by atoms with Crippen molar-refractivity contribution in [3.8, 4) is 5.75 Å². The molecule has 0 spiro atoms. The zero-order valence-electron chi connectivity index (χ0n) is 13.1. The predicted molar refractivity (Wildman–Crippen MR) is 91.1 cm³/mol. The van der Waals surface area contributed by atoms with E-state index < -0.39 is 0 Å². The molecule has 1 aromatic carbocycles. The molecule has 1 aliphatic rings. The Kier molecular flexibility index (Phi) is 8.03. The van der Waals surface area contributed by atoms with Gasteiger partial charge in [0.1, 0.15) is 11.9 Å². The van der Waals surface area contributed by atoms with Crippen molar-refractivity contribution in [3.63, 3.8) is 0 Å². The fourth-order valence-electron chi connectivity index (χ4n) is 2.30. The normalized spacial score (nSPS) is 17.5. The molecule has 2 rings (SSSR count). The molecule has 1 atom stereocenters. The Morgan fingerprint density at radius 1 is 1.55 bits per heavy atom. The highest BCUT2D eigenvalue weighted by Crippen LogP contribution is 2.28. The standard InChI is InChI=1S/C15H22N2O3S.ClH/c1-17(15(18)13-9-16-6-7-20-13)10-11-4-5-14(21-3)12(8-11)19-2;/h4-5,8,13,16H,6-7,9-10H2,1-3H3;1H. The third-order valence-corrected chi connectivity index (χ3v) is 4.22. The number of morpholine rings is 1. The van der Waals surface area contributed by atoms with E-state index in [0.29, 0.717) is 19.7 Å². The average Bonchev–Trinajstić information content (AvgIpc) is 2.54. The summed E-state index contributed by atoms with van der Waals surface area (Å²) < 4.78 is 10.9. The highest BCUT2D eigenvalue weighted by molar-refractivity contribution is 7.98. The van der Waals surface area contributed by atoms with Crippen LogP contribution in [0.5, 0.6) is 5.75 Å². The summed E-state index contributed by atoms with van der Waals surface area (Å²) in [7, 11) is 3.46. The molecule has 0 aromatic heterocycles. The van der Waals surface area contributed by atoms with Gasteiger partial charge in [-0.05, 0) is 24.0 Å². The van der Waals surface area contributed by atoms with Crippen LogP contribution in [-0.2, 0) is 16.1 Å². The Balaban J connectivity index is 0.00000242. The smallest absolute Gasteiger partial charge is 0.253 e. The number of nitrogens with zero attached hydrogens (tertiary/aromatic N) is 1. The highest BCUT2D eigenvalue weighted by atomic mass is 35.5. The largest absolute Gasteiger partial charge is 0.496 e. The number of thioether (sulfide) groups is 1. The van der Waals surface area contributed by atoms with E-state index in [0.717, 1.165) is 22.8 Å². The number of amides is 1. The van der Waals surface area contributed by atoms with E-state index >= 15 is 0 Å². The fraction of sp³-hybridized carbons (Fsp3) is 0.533. The molecular weight excluding hydrogens is 324 g/mol. The Hall–Kier alpha value is -0.950. The molecule has 1 saturated heterocycles. The minimum absolute atomic E-state index is 0. The van der Waals surface area contributed by atoms with Crippen molar-refractivity contribution in [2.75, 3.05) is 40.1 Å². The zero-order chi connectivity index (χ0) is 15.2. The molecule has 1 N–H and O–H groups in total. The van der Waals surface area contributed by atoms with Crippen LogP contribution in [0.1, 0.15) is 5.56 Å². The number of likely N-dealkylation sites (N-methyl/N-ethyl adjacent to an activating group) is 1. The lowest BCUT2D eigenvalue weighted by Crippen LogP contribution is -2.48. The molecule has 1 aromatic rings. The first-order chi connectivity index (χ1) is 10.2. The van der Waals surface area contributed by atoms with Gasteiger partial charge in [0.2, 0.25) is 0 Å². The van der Waals surface area contributed by atoms with Crippen LogP contribution in [0.2, 0.25) is 0 Å². The van der Waals surface area contributed by atoms with Gasteiger partial charge in [-0.3, -0.25) is 4.79 Å². The summed E-state index contributed by atoms with van der Waals surface area (Å²) in [5.74, 6) is 0.853. The van der Waals surface area contributed by atoms with Gasteiger partial charge in [-0.15, -0.1) is 24.2 Å². The van der Waals surface area contributed by atoms with E-state index in [1.807, 2.05) is 24.5 Å². The molecule has 1 heterocycles. The molecule has 0 radical (unpaired) electrons. The minimum atomic E-state index is -0.379. The highest BCUT2D eigenvalue weighted by Gasteiger charge is 2.24. The number of ether oxygens (including phenoxy) is 2. The monoisotopic (exact) mass is 346 g/mol. The lowest BCUT2D eigenvalue weighted by Gasteiger charge is -2.27. The Labute approximate surface area is 142 Å². The van der Waals surface area contributed by atoms with Crippen LogP contribution in [0.25, 0.3) is 0 Å². The number of methoxy groups -OCH3 is 1. The number of hydrogen-bond donors (Lipinski definition) is 1. The summed E-state index contributed by atoms with van der Waals surface area (Å²) in [6.07, 6.45) is 1.64. The number of carbonyl (C=O) groups excluding carboxylic acids is 1. The van der Waals surface area contributed by atoms with Crippen molar-refractivity contribution in [1.82, 2.24) is 10.2 Å². The molecule has 22 heavy (non-hydrogen) atoms. The van der Waals surface area contributed by atoms with Crippen LogP contribution in [-0.4, -0.2) is 57.0 Å². The molecule has 124 valence electrons. The molecule has 1 fully saturated rings. The van der Waals surface area contributed by atoms with Crippen molar-refractivity contribution >= 4 is 30.1 Å². The molecule has 0 bridgehead atoms. The van der Waals surface area contributed by atoms with Crippen LogP contribution >= 0.6 is 24.2 Å². The first-order valence-corrected chi connectivity index (χ1v) is 8.16. The summed E-state index contributed by atoms with van der Waals surface area (Å²) in [5.41, 5.74) is 1.05. The Morgan fingerprint density at radius 3 is 2.91 bits per heavy atom. The number of hydrogen-bond acceptors (Lipinski definition) is 5. The van der Waals surface area contributed by atoms with Crippen LogP contribution in [0.4, 0.5) is 0 Å². The second kappa shape index (κ2) is 9.25. The minimum Gasteiger partial charge on any atom is -0.496 e. The van der Waals surface area contributed by atoms with Crippen molar-refractivity contribution < 1.29 is 14.3 Å². The van der Waals surface area contributed by atoms with Gasteiger partial charge >= 0.3 is 0 Å². The van der Waals surface area contributed by atoms with E-state index in [9.17, 15) is 4.79 Å². The molecule has 1 unspecified atom stereocenters. The van der Waals surface area contributed by atoms with Crippen LogP contribution < -0.4 is 10.1 Å². The van der Waals surface area contributed by atoms with Crippen LogP contribution in [0.3, 0.4) is 0 Å². The first-order valence-electron chi connectivity index (χ1n) is 6.94. The number of benzene rings is 1. The third-order valence-electron chi connectivity index (χ3n) is 3.45. The van der Waals surface area contributed by atoms with Gasteiger partial charge in [0.25, 0.3) is 5.91 Å². The maximum atomic E-state index is 12.3. The second-order valence-corrected chi connectivity index (χ2v) is 5.80. The van der Waals surface area contributed by atoms with Gasteiger partial charge in [-0.25, -0.2) is 0 Å². The van der Waals surface area contributed by atoms with E-state index in [4.69, 9.17) is 9.47 Å². The maximum absolute atomic E-state index is 12.3. The van der Waals surface area contributed by atoms with E-state index in [1.165, 1.54) is 0 Å². The number of halogens is 1. The van der Waals surface area contributed by atoms with Gasteiger partial charge < -0.3 is 19.7 Å². The summed E-state index contributed by atoms with van der Waals surface area (Å²) in [5, 5.41) is 3.17. The van der Waals surface area contributed by atoms with E-state index in [1.54, 1.807) is 30.8 Å². The van der Waals surface area contributed by atoms with Crippen molar-refractivity contribution in [2.24, 2.45) is 0 Å². The molecule has 1 amide bonds. The van der Waals surface area contributed by atoms with Gasteiger partial charge in [-0.1, -0.05) is 6.07 Å². The van der Waals surface area contributed by atoms with Crippen LogP contribution in [0, 0.1) is 0 Å². The molecule has 0 saturated carbocycles. The average molecular weight is 347 g/mol. The summed E-state index contributed by atoms with van der Waals surface area (Å²) in [6, 6.07) is 6.03. The molecule has 1 aliphatic heterocycles. The van der Waals surface area contributed by atoms with Crippen molar-refractivity contribution in [3.05, 3.63) is 23.8 Å². The van der Waals surface area contributed by atoms with E-state index in [-0.39, 0.29) is 24.4 Å². The Bertz CT molecular complexity index is 496. The van der Waals surface area contributed by atoms with Crippen molar-refractivity contribution in [2.45, 2.75) is 17.5 Å². The third kappa shape index (κ3) is 4.78. The summed E-state index contributed by atoms with van der Waals surface area (Å²) in [4.78, 5) is 15.1. The van der Waals surface area contributed by atoms with Crippen LogP contribution in [0.15, 0.2) is 23.1 Å². The number of carbonyl (C=O) groups is 1. The maximum Gasteiger partial charge on any atom is 0.253 e. The molecular formula is C15H23ClN2O3S. The topological polar surface area (TPSA) is 50.8 Å². The SMILES string of the molecule is COc1cc(CN(C)C(=O)C2CNCCO2)ccc1SC.Cl. The van der Waals surface area contributed by atoms with Gasteiger partial charge in [0.15, 0.2) is 0 Å². The lowest BCUT2D eigenvalue weighted by molar-refractivity contribution is -0.144. The van der Waals surface area contributed by atoms with Gasteiger partial charge in [0, 0.05) is 31.6 Å². The number of nitrogens with one attached hydrogen (secondary N) is 1. The predicted octanol–water partition coefficient (Wildman–Crippen LogP) is 1.79. The number of rotatable bonds is 5. The second-order valence-electron chi connectivity index (χ2n) is 4.95. The van der Waals surface area contributed by atoms with Gasteiger partial charge in [-0.2, -0.15) is 0 Å². The lowest BCUT2D eigenvalue weighted by atomic mass is 10.2. The summed E-state index contributed by atoms with van der Waals surface area (Å²) >= 11 is 1.64. The molecule has 5 nitrogen and oxygen atoms in total. The van der Waals surface area contributed by atoms with E-state index in [2.05, 4.69) is 5.32 Å². The zero-order valence-corrected chi connectivity index (χ0v) is 14.8.